The van der Waals surface area contributed by atoms with Crippen LogP contribution in [0, 0.1) is 12.8 Å². The van der Waals surface area contributed by atoms with E-state index in [0.29, 0.717) is 25.6 Å². The van der Waals surface area contributed by atoms with Gasteiger partial charge in [-0.15, -0.1) is 0 Å². The zero-order chi connectivity index (χ0) is 27.5. The molecular weight excluding hydrogens is 550 g/mol. The van der Waals surface area contributed by atoms with E-state index in [4.69, 9.17) is 9.47 Å². The summed E-state index contributed by atoms with van der Waals surface area (Å²) in [5.41, 5.74) is 1.28. The fourth-order valence-electron chi connectivity index (χ4n) is 4.98. The summed E-state index contributed by atoms with van der Waals surface area (Å²) in [4.78, 5) is 12.2. The van der Waals surface area contributed by atoms with Crippen LogP contribution in [0.4, 0.5) is 0 Å². The zero-order valence-corrected chi connectivity index (χ0v) is 27.5. The van der Waals surface area contributed by atoms with E-state index in [1.54, 1.807) is 0 Å². The fraction of sp³-hybridized carbons (Fsp3) is 0.824. The van der Waals surface area contributed by atoms with E-state index in [1.807, 2.05) is 0 Å². The smallest absolute Gasteiger partial charge is 0.305 e. The molecule has 228 valence electrons. The van der Waals surface area contributed by atoms with Gasteiger partial charge in [-0.05, 0) is 38.2 Å². The van der Waals surface area contributed by atoms with Crippen molar-refractivity contribution in [1.29, 1.82) is 0 Å². The van der Waals surface area contributed by atoms with Gasteiger partial charge in [-0.25, -0.2) is 4.57 Å². The van der Waals surface area contributed by atoms with Crippen molar-refractivity contribution in [2.45, 2.75) is 156 Å². The van der Waals surface area contributed by atoms with Crippen molar-refractivity contribution < 1.29 is 35.8 Å². The van der Waals surface area contributed by atoms with Gasteiger partial charge in [-0.3, -0.25) is 4.79 Å². The van der Waals surface area contributed by atoms with Crippen LogP contribution in [0.25, 0.3) is 0 Å². The molecule has 0 amide bonds. The summed E-state index contributed by atoms with van der Waals surface area (Å²) in [6.45, 7) is 9.64. The van der Waals surface area contributed by atoms with E-state index in [0.717, 1.165) is 51.7 Å². The molecule has 4 nitrogen and oxygen atoms in total. The van der Waals surface area contributed by atoms with Gasteiger partial charge >= 0.3 is 5.97 Å². The number of ether oxygens (including phenoxy) is 2. The van der Waals surface area contributed by atoms with Gasteiger partial charge in [0.25, 0.3) is 0 Å². The average Bonchev–Trinajstić information content (AvgIpc) is 2.92. The van der Waals surface area contributed by atoms with E-state index in [9.17, 15) is 4.79 Å². The van der Waals surface area contributed by atoms with Crippen LogP contribution in [0.1, 0.15) is 148 Å². The Morgan fingerprint density at radius 3 is 1.82 bits per heavy atom. The summed E-state index contributed by atoms with van der Waals surface area (Å²) >= 11 is 0. The summed E-state index contributed by atoms with van der Waals surface area (Å²) < 4.78 is 13.8. The molecule has 0 N–H and O–H groups in total. The first-order valence-electron chi connectivity index (χ1n) is 16.3. The predicted octanol–water partition coefficient (Wildman–Crippen LogP) is 6.30. The van der Waals surface area contributed by atoms with Crippen LogP contribution in [-0.2, 0) is 20.8 Å². The highest BCUT2D eigenvalue weighted by molar-refractivity contribution is 5.69. The molecule has 0 aromatic carbocycles. The summed E-state index contributed by atoms with van der Waals surface area (Å²) in [7, 11) is 0. The quantitative estimate of drug-likeness (QED) is 0.0665. The van der Waals surface area contributed by atoms with Gasteiger partial charge in [-0.1, -0.05) is 104 Å². The van der Waals surface area contributed by atoms with Crippen molar-refractivity contribution in [3.05, 3.63) is 30.1 Å². The molecule has 0 radical (unpaired) electrons. The maximum absolute atomic E-state index is 12.2. The lowest BCUT2D eigenvalue weighted by Gasteiger charge is -2.16. The van der Waals surface area contributed by atoms with Gasteiger partial charge in [0.2, 0.25) is 0 Å². The van der Waals surface area contributed by atoms with Crippen LogP contribution >= 0.6 is 0 Å². The van der Waals surface area contributed by atoms with Crippen LogP contribution in [0.2, 0.25) is 0 Å². The van der Waals surface area contributed by atoms with E-state index in [1.165, 1.54) is 89.0 Å². The van der Waals surface area contributed by atoms with E-state index in [2.05, 4.69) is 49.9 Å². The van der Waals surface area contributed by atoms with Crippen molar-refractivity contribution in [1.82, 2.24) is 0 Å². The number of halogens is 1. The van der Waals surface area contributed by atoms with Gasteiger partial charge in [0.1, 0.15) is 6.54 Å². The first-order valence-corrected chi connectivity index (χ1v) is 16.3. The van der Waals surface area contributed by atoms with Crippen molar-refractivity contribution >= 4 is 5.97 Å². The minimum Gasteiger partial charge on any atom is -1.00 e. The monoisotopic (exact) mass is 611 g/mol. The lowest BCUT2D eigenvalue weighted by atomic mass is 10.0. The molecule has 1 atom stereocenters. The first kappa shape index (κ1) is 38.1. The molecule has 1 unspecified atom stereocenters. The Kier molecular flexibility index (Phi) is 27.9. The summed E-state index contributed by atoms with van der Waals surface area (Å²) in [6.07, 6.45) is 29.3. The Bertz CT molecular complexity index is 652. The number of esters is 1. The van der Waals surface area contributed by atoms with Gasteiger partial charge in [0.15, 0.2) is 12.4 Å². The third-order valence-electron chi connectivity index (χ3n) is 7.53. The molecule has 39 heavy (non-hydrogen) atoms. The lowest BCUT2D eigenvalue weighted by Crippen LogP contribution is -3.00. The molecule has 0 spiro atoms. The van der Waals surface area contributed by atoms with Crippen LogP contribution in [0.3, 0.4) is 0 Å². The third kappa shape index (κ3) is 24.6. The number of nitrogens with zero attached hydrogens (tertiary/aromatic N) is 1. The number of rotatable bonds is 27. The van der Waals surface area contributed by atoms with Crippen molar-refractivity contribution in [2.24, 2.45) is 5.92 Å². The molecule has 0 aliphatic heterocycles. The number of carbonyl (C=O) groups excluding carboxylic acids is 1. The molecule has 0 aliphatic rings. The molecule has 1 heterocycles. The highest BCUT2D eigenvalue weighted by Gasteiger charge is 2.12. The molecular formula is C34H62BrNO3. The number of pyridine rings is 1. The maximum Gasteiger partial charge on any atom is 0.305 e. The molecule has 1 aromatic heterocycles. The zero-order valence-electron chi connectivity index (χ0n) is 25.9. The maximum atomic E-state index is 12.2. The number of carbonyl (C=O) groups is 1. The SMILES string of the molecule is CCCCCCCCCCCCCCCCOCC(CCC)COC(=O)CCCCC[n+]1ccc(C)cc1.[Br-]. The van der Waals surface area contributed by atoms with E-state index in [-0.39, 0.29) is 23.0 Å². The first-order chi connectivity index (χ1) is 18.7. The number of unbranched alkanes of at least 4 members (excludes halogenated alkanes) is 15. The van der Waals surface area contributed by atoms with Crippen molar-refractivity contribution in [3.8, 4) is 0 Å². The molecule has 0 aliphatic carbocycles. The minimum absolute atomic E-state index is 0. The van der Waals surface area contributed by atoms with E-state index < -0.39 is 0 Å². The molecule has 5 heteroatoms. The molecule has 0 bridgehead atoms. The topological polar surface area (TPSA) is 39.4 Å². The third-order valence-corrected chi connectivity index (χ3v) is 7.53. The normalized spacial score (nSPS) is 11.8. The van der Waals surface area contributed by atoms with Crippen LogP contribution in [0.5, 0.6) is 0 Å². The molecule has 1 rings (SSSR count). The Morgan fingerprint density at radius 1 is 0.718 bits per heavy atom. The molecule has 0 saturated carbocycles. The summed E-state index contributed by atoms with van der Waals surface area (Å²) in [5.74, 6) is 0.273. The second kappa shape index (κ2) is 28.6. The molecule has 0 fully saturated rings. The van der Waals surface area contributed by atoms with Gasteiger partial charge < -0.3 is 26.5 Å². The van der Waals surface area contributed by atoms with Crippen molar-refractivity contribution in [3.63, 3.8) is 0 Å². The molecule has 0 saturated heterocycles. The predicted molar refractivity (Wildman–Crippen MR) is 160 cm³/mol. The minimum atomic E-state index is -0.0546. The van der Waals surface area contributed by atoms with Crippen LogP contribution < -0.4 is 21.5 Å². The number of hydrogen-bond acceptors (Lipinski definition) is 3. The second-order valence-electron chi connectivity index (χ2n) is 11.4. The Labute approximate surface area is 252 Å². The Balaban J connectivity index is 0.0000144. The summed E-state index contributed by atoms with van der Waals surface area (Å²) in [5, 5.41) is 0. The van der Waals surface area contributed by atoms with Crippen LogP contribution in [-0.4, -0.2) is 25.8 Å². The van der Waals surface area contributed by atoms with Gasteiger partial charge in [0.05, 0.1) is 13.2 Å². The summed E-state index contributed by atoms with van der Waals surface area (Å²) in [6, 6.07) is 4.27. The lowest BCUT2D eigenvalue weighted by molar-refractivity contribution is -0.697. The fourth-order valence-corrected chi connectivity index (χ4v) is 4.98. The Hall–Kier alpha value is -0.940. The van der Waals surface area contributed by atoms with E-state index >= 15 is 0 Å². The van der Waals surface area contributed by atoms with Gasteiger partial charge in [0, 0.05) is 37.5 Å². The molecule has 1 aromatic rings. The largest absolute Gasteiger partial charge is 1.00 e. The standard InChI is InChI=1S/C34H62NO3.BrH/c1-4-6-7-8-9-10-11-12-13-14-15-16-17-21-29-37-30-33(22-5-2)31-38-34(36)23-19-18-20-26-35-27-24-32(3)25-28-35;/h24-25,27-28,33H,4-23,26,29-31H2,1-3H3;1H/q+1;/p-1. The number of aryl methyl sites for hydroxylation is 2. The average molecular weight is 613 g/mol. The van der Waals surface area contributed by atoms with Gasteiger partial charge in [-0.2, -0.15) is 0 Å². The van der Waals surface area contributed by atoms with Crippen LogP contribution in [0.15, 0.2) is 24.5 Å². The Morgan fingerprint density at radius 2 is 1.26 bits per heavy atom. The second-order valence-corrected chi connectivity index (χ2v) is 11.4. The highest BCUT2D eigenvalue weighted by atomic mass is 79.9. The highest BCUT2D eigenvalue weighted by Crippen LogP contribution is 2.14. The number of hydrogen-bond donors (Lipinski definition) is 0. The number of aromatic nitrogens is 1. The van der Waals surface area contributed by atoms with Crippen molar-refractivity contribution in [2.75, 3.05) is 19.8 Å².